The van der Waals surface area contributed by atoms with Gasteiger partial charge in [0.2, 0.25) is 0 Å². The Labute approximate surface area is 154 Å². The number of hydrogen-bond donors (Lipinski definition) is 2. The van der Waals surface area contributed by atoms with Crippen LogP contribution in [-0.2, 0) is 4.74 Å². The minimum Gasteiger partial charge on any atom is -0.449 e. The van der Waals surface area contributed by atoms with Crippen LogP contribution in [0.5, 0.6) is 0 Å². The summed E-state index contributed by atoms with van der Waals surface area (Å²) < 4.78 is 5.52. The van der Waals surface area contributed by atoms with Crippen molar-refractivity contribution < 1.29 is 14.6 Å². The first-order valence-corrected chi connectivity index (χ1v) is 9.51. The highest BCUT2D eigenvalue weighted by atomic mass is 16.5. The van der Waals surface area contributed by atoms with Crippen LogP contribution >= 0.6 is 0 Å². The molecule has 0 aliphatic heterocycles. The van der Waals surface area contributed by atoms with E-state index in [9.17, 15) is 9.90 Å². The Hall–Kier alpha value is -2.33. The zero-order valence-corrected chi connectivity index (χ0v) is 14.9. The third-order valence-electron chi connectivity index (χ3n) is 5.75. The number of alkyl carbamates (subject to hydrolysis) is 1. The highest BCUT2D eigenvalue weighted by Gasteiger charge is 2.29. The number of hydrogen-bond acceptors (Lipinski definition) is 3. The lowest BCUT2D eigenvalue weighted by molar-refractivity contribution is 0.123. The van der Waals surface area contributed by atoms with Crippen molar-refractivity contribution in [1.82, 2.24) is 5.32 Å². The molecular formula is C22H25NO3. The highest BCUT2D eigenvalue weighted by Crippen LogP contribution is 2.44. The number of fused-ring (bicyclic) bond motifs is 3. The van der Waals surface area contributed by atoms with Gasteiger partial charge < -0.3 is 15.2 Å². The van der Waals surface area contributed by atoms with Gasteiger partial charge in [-0.05, 0) is 47.4 Å². The van der Waals surface area contributed by atoms with Crippen molar-refractivity contribution in [2.75, 3.05) is 13.2 Å². The van der Waals surface area contributed by atoms with Crippen molar-refractivity contribution in [1.29, 1.82) is 0 Å². The molecule has 1 amide bonds. The van der Waals surface area contributed by atoms with Crippen molar-refractivity contribution in [3.05, 3.63) is 59.7 Å². The van der Waals surface area contributed by atoms with Gasteiger partial charge in [-0.2, -0.15) is 0 Å². The molecule has 2 aliphatic carbocycles. The average molecular weight is 351 g/mol. The molecule has 0 aromatic heterocycles. The van der Waals surface area contributed by atoms with Crippen LogP contribution in [-0.4, -0.2) is 30.5 Å². The Morgan fingerprint density at radius 3 is 2.31 bits per heavy atom. The average Bonchev–Trinajstić information content (AvgIpc) is 3.21. The molecule has 0 saturated heterocycles. The smallest absolute Gasteiger partial charge is 0.407 e. The summed E-state index contributed by atoms with van der Waals surface area (Å²) in [5.74, 6) is 0.397. The molecule has 2 N–H and O–H groups in total. The van der Waals surface area contributed by atoms with Gasteiger partial charge in [0.15, 0.2) is 0 Å². The zero-order valence-electron chi connectivity index (χ0n) is 14.9. The van der Waals surface area contributed by atoms with Crippen molar-refractivity contribution in [2.24, 2.45) is 5.92 Å². The van der Waals surface area contributed by atoms with Crippen molar-refractivity contribution in [2.45, 2.75) is 37.7 Å². The van der Waals surface area contributed by atoms with E-state index in [-0.39, 0.29) is 18.1 Å². The molecule has 4 heteroatoms. The summed E-state index contributed by atoms with van der Waals surface area (Å²) >= 11 is 0. The first-order chi connectivity index (χ1) is 12.7. The number of aliphatic hydroxyl groups excluding tert-OH is 1. The molecule has 0 heterocycles. The first-order valence-electron chi connectivity index (χ1n) is 9.51. The lowest BCUT2D eigenvalue weighted by atomic mass is 9.98. The molecule has 2 aromatic rings. The summed E-state index contributed by atoms with van der Waals surface area (Å²) in [4.78, 5) is 12.1. The molecule has 2 atom stereocenters. The number of aliphatic hydroxyl groups is 1. The van der Waals surface area contributed by atoms with Gasteiger partial charge in [0, 0.05) is 12.5 Å². The molecular weight excluding hydrogens is 326 g/mol. The van der Waals surface area contributed by atoms with Crippen molar-refractivity contribution >= 4 is 6.09 Å². The van der Waals surface area contributed by atoms with Gasteiger partial charge in [0.05, 0.1) is 6.10 Å². The van der Waals surface area contributed by atoms with E-state index in [2.05, 4.69) is 29.6 Å². The van der Waals surface area contributed by atoms with Crippen LogP contribution in [0.4, 0.5) is 4.79 Å². The fourth-order valence-electron chi connectivity index (χ4n) is 4.36. The second-order valence-electron chi connectivity index (χ2n) is 7.30. The lowest BCUT2D eigenvalue weighted by Gasteiger charge is -2.16. The number of ether oxygens (including phenoxy) is 1. The summed E-state index contributed by atoms with van der Waals surface area (Å²) in [6.07, 6.45) is 3.24. The molecule has 2 aromatic carbocycles. The number of rotatable bonds is 5. The Kier molecular flexibility index (Phi) is 4.93. The monoisotopic (exact) mass is 351 g/mol. The molecule has 0 bridgehead atoms. The third-order valence-corrected chi connectivity index (χ3v) is 5.75. The van der Waals surface area contributed by atoms with Crippen LogP contribution in [0.1, 0.15) is 42.7 Å². The molecule has 0 radical (unpaired) electrons. The first kappa shape index (κ1) is 17.1. The fraction of sp³-hybridized carbons (Fsp3) is 0.409. The molecule has 1 saturated carbocycles. The van der Waals surface area contributed by atoms with Gasteiger partial charge in [-0.1, -0.05) is 55.0 Å². The number of benzene rings is 2. The molecule has 2 aliphatic rings. The quantitative estimate of drug-likeness (QED) is 0.853. The molecule has 4 rings (SSSR count). The Bertz CT molecular complexity index is 743. The summed E-state index contributed by atoms with van der Waals surface area (Å²) in [6, 6.07) is 16.6. The van der Waals surface area contributed by atoms with Gasteiger partial charge in [-0.25, -0.2) is 4.79 Å². The minimum absolute atomic E-state index is 0.0878. The zero-order chi connectivity index (χ0) is 17.9. The molecule has 0 unspecified atom stereocenters. The number of carbonyl (C=O) groups excluding carboxylic acids is 1. The molecule has 26 heavy (non-hydrogen) atoms. The predicted molar refractivity (Wildman–Crippen MR) is 101 cm³/mol. The Morgan fingerprint density at radius 1 is 1.04 bits per heavy atom. The third kappa shape index (κ3) is 3.34. The highest BCUT2D eigenvalue weighted by molar-refractivity contribution is 5.79. The van der Waals surface area contributed by atoms with Crippen LogP contribution in [0.25, 0.3) is 11.1 Å². The maximum atomic E-state index is 12.1. The van der Waals surface area contributed by atoms with Crippen LogP contribution in [0.15, 0.2) is 48.5 Å². The van der Waals surface area contributed by atoms with E-state index in [0.29, 0.717) is 19.1 Å². The number of carbonyl (C=O) groups is 1. The van der Waals surface area contributed by atoms with Crippen molar-refractivity contribution in [3.8, 4) is 11.1 Å². The summed E-state index contributed by atoms with van der Waals surface area (Å²) in [7, 11) is 0. The normalized spacial score (nSPS) is 21.3. The standard InChI is InChI=1S/C22H25NO3/c24-21-11-5-6-15(21)12-13-23-22(25)26-14-20-18-9-3-1-7-16(18)17-8-2-4-10-19(17)20/h1-4,7-10,15,20-21,24H,5-6,11-14H2,(H,23,25)/t15-,21+/m0/s1. The molecule has 4 nitrogen and oxygen atoms in total. The molecule has 0 spiro atoms. The van der Waals surface area contributed by atoms with Crippen molar-refractivity contribution in [3.63, 3.8) is 0 Å². The summed E-state index contributed by atoms with van der Waals surface area (Å²) in [5, 5.41) is 12.7. The fourth-order valence-corrected chi connectivity index (χ4v) is 4.36. The van der Waals surface area contributed by atoms with E-state index in [4.69, 9.17) is 4.74 Å². The van der Waals surface area contributed by atoms with Crippen LogP contribution in [0.3, 0.4) is 0 Å². The maximum absolute atomic E-state index is 12.1. The lowest BCUT2D eigenvalue weighted by Crippen LogP contribution is -2.29. The van der Waals surface area contributed by atoms with Gasteiger partial charge in [-0.3, -0.25) is 0 Å². The Balaban J connectivity index is 1.33. The molecule has 136 valence electrons. The van der Waals surface area contributed by atoms with E-state index in [1.807, 2.05) is 24.3 Å². The van der Waals surface area contributed by atoms with Gasteiger partial charge in [0.1, 0.15) is 6.61 Å². The predicted octanol–water partition coefficient (Wildman–Crippen LogP) is 4.08. The van der Waals surface area contributed by atoms with Gasteiger partial charge in [-0.15, -0.1) is 0 Å². The van der Waals surface area contributed by atoms with E-state index < -0.39 is 0 Å². The summed E-state index contributed by atoms with van der Waals surface area (Å²) in [6.45, 7) is 0.893. The topological polar surface area (TPSA) is 58.6 Å². The second kappa shape index (κ2) is 7.50. The van der Waals surface area contributed by atoms with Crippen LogP contribution in [0, 0.1) is 5.92 Å². The minimum atomic E-state index is -0.376. The van der Waals surface area contributed by atoms with Gasteiger partial charge in [0.25, 0.3) is 0 Å². The summed E-state index contributed by atoms with van der Waals surface area (Å²) in [5.41, 5.74) is 4.89. The number of nitrogens with one attached hydrogen (secondary N) is 1. The molecule has 1 fully saturated rings. The van der Waals surface area contributed by atoms with E-state index in [1.165, 1.54) is 22.3 Å². The largest absolute Gasteiger partial charge is 0.449 e. The second-order valence-corrected chi connectivity index (χ2v) is 7.30. The number of amides is 1. The SMILES string of the molecule is O=C(NCC[C@@H]1CCC[C@H]1O)OCC1c2ccccc2-c2ccccc21. The Morgan fingerprint density at radius 2 is 1.69 bits per heavy atom. The van der Waals surface area contributed by atoms with E-state index >= 15 is 0 Å². The maximum Gasteiger partial charge on any atom is 0.407 e. The van der Waals surface area contributed by atoms with Gasteiger partial charge >= 0.3 is 6.09 Å². The van der Waals surface area contributed by atoms with E-state index in [0.717, 1.165) is 25.7 Å². The van der Waals surface area contributed by atoms with Crippen LogP contribution < -0.4 is 5.32 Å². The van der Waals surface area contributed by atoms with Crippen LogP contribution in [0.2, 0.25) is 0 Å². The van der Waals surface area contributed by atoms with E-state index in [1.54, 1.807) is 0 Å².